The first kappa shape index (κ1) is 13.8. The third-order valence-corrected chi connectivity index (χ3v) is 4.39. The van der Waals surface area contributed by atoms with Crippen LogP contribution in [0.2, 0.25) is 5.02 Å². The number of ether oxygens (including phenoxy) is 1. The molecule has 0 spiro atoms. The summed E-state index contributed by atoms with van der Waals surface area (Å²) in [7, 11) is 0. The van der Waals surface area contributed by atoms with Crippen molar-refractivity contribution in [2.24, 2.45) is 5.73 Å². The molecule has 18 heavy (non-hydrogen) atoms. The van der Waals surface area contributed by atoms with Crippen molar-refractivity contribution < 1.29 is 4.74 Å². The van der Waals surface area contributed by atoms with Crippen molar-refractivity contribution in [1.29, 1.82) is 0 Å². The molecule has 2 unspecified atom stereocenters. The Bertz CT molecular complexity index is 424. The van der Waals surface area contributed by atoms with E-state index in [1.807, 2.05) is 11.6 Å². The first-order valence-electron chi connectivity index (χ1n) is 6.59. The molecule has 1 saturated heterocycles. The number of nitrogens with two attached hydrogens (primary N) is 1. The van der Waals surface area contributed by atoms with Crippen LogP contribution < -0.4 is 5.73 Å². The smallest absolute Gasteiger partial charge is 0.0847 e. The van der Waals surface area contributed by atoms with Gasteiger partial charge in [-0.2, -0.15) is 5.10 Å². The fraction of sp³-hybridized carbons (Fsp3) is 0.769. The predicted molar refractivity (Wildman–Crippen MR) is 72.9 cm³/mol. The molecule has 0 aromatic carbocycles. The minimum Gasteiger partial charge on any atom is -0.374 e. The second-order valence-electron chi connectivity index (χ2n) is 5.24. The molecule has 1 aromatic rings. The summed E-state index contributed by atoms with van der Waals surface area (Å²) in [5.74, 6) is 0. The summed E-state index contributed by atoms with van der Waals surface area (Å²) in [4.78, 5) is 0. The number of halogens is 1. The molecule has 2 N–H and O–H groups in total. The lowest BCUT2D eigenvalue weighted by Gasteiger charge is -2.30. The molecule has 1 aromatic heterocycles. The van der Waals surface area contributed by atoms with Crippen LogP contribution in [-0.4, -0.2) is 28.0 Å². The van der Waals surface area contributed by atoms with E-state index in [0.717, 1.165) is 42.4 Å². The molecule has 0 radical (unpaired) electrons. The van der Waals surface area contributed by atoms with E-state index in [2.05, 4.69) is 18.9 Å². The van der Waals surface area contributed by atoms with Crippen molar-refractivity contribution in [3.05, 3.63) is 16.4 Å². The van der Waals surface area contributed by atoms with Crippen LogP contribution in [0.5, 0.6) is 0 Å². The largest absolute Gasteiger partial charge is 0.374 e. The van der Waals surface area contributed by atoms with E-state index in [4.69, 9.17) is 22.1 Å². The highest BCUT2D eigenvalue weighted by atomic mass is 35.5. The van der Waals surface area contributed by atoms with E-state index in [1.54, 1.807) is 0 Å². The summed E-state index contributed by atoms with van der Waals surface area (Å²) >= 11 is 6.31. The lowest BCUT2D eigenvalue weighted by molar-refractivity contribution is -0.00134. The third-order valence-electron chi connectivity index (χ3n) is 3.90. The van der Waals surface area contributed by atoms with Gasteiger partial charge in [0, 0.05) is 25.6 Å². The first-order valence-corrected chi connectivity index (χ1v) is 6.97. The van der Waals surface area contributed by atoms with E-state index in [0.29, 0.717) is 6.42 Å². The molecule has 0 aliphatic carbocycles. The van der Waals surface area contributed by atoms with Gasteiger partial charge in [-0.15, -0.1) is 0 Å². The van der Waals surface area contributed by atoms with Gasteiger partial charge < -0.3 is 10.5 Å². The highest BCUT2D eigenvalue weighted by Crippen LogP contribution is 2.31. The molecule has 0 amide bonds. The van der Waals surface area contributed by atoms with Crippen LogP contribution in [0.25, 0.3) is 0 Å². The Morgan fingerprint density at radius 1 is 1.61 bits per heavy atom. The number of rotatable bonds is 4. The normalized spacial score (nSPS) is 25.6. The Morgan fingerprint density at radius 3 is 2.89 bits per heavy atom. The molecule has 0 saturated carbocycles. The van der Waals surface area contributed by atoms with Crippen LogP contribution in [-0.2, 0) is 17.7 Å². The van der Waals surface area contributed by atoms with Crippen molar-refractivity contribution in [2.75, 3.05) is 6.61 Å². The Morgan fingerprint density at radius 2 is 2.33 bits per heavy atom. The number of aromatic nitrogens is 2. The summed E-state index contributed by atoms with van der Waals surface area (Å²) in [6.07, 6.45) is 2.82. The van der Waals surface area contributed by atoms with Crippen LogP contribution >= 0.6 is 11.6 Å². The summed E-state index contributed by atoms with van der Waals surface area (Å²) in [5, 5.41) is 5.16. The molecule has 102 valence electrons. The number of aryl methyl sites for hydroxylation is 2. The zero-order valence-corrected chi connectivity index (χ0v) is 12.1. The molecule has 1 fully saturated rings. The zero-order chi connectivity index (χ0) is 13.3. The topological polar surface area (TPSA) is 53.1 Å². The lowest BCUT2D eigenvalue weighted by Crippen LogP contribution is -2.46. The Balaban J connectivity index is 2.18. The number of hydrogen-bond donors (Lipinski definition) is 1. The van der Waals surface area contributed by atoms with Crippen molar-refractivity contribution in [3.8, 4) is 0 Å². The average molecular weight is 272 g/mol. The monoisotopic (exact) mass is 271 g/mol. The summed E-state index contributed by atoms with van der Waals surface area (Å²) in [6, 6.07) is -0.0427. The van der Waals surface area contributed by atoms with Crippen LogP contribution in [0.1, 0.15) is 38.1 Å². The van der Waals surface area contributed by atoms with Gasteiger partial charge in [-0.3, -0.25) is 4.68 Å². The van der Waals surface area contributed by atoms with Gasteiger partial charge in [-0.05, 0) is 33.6 Å². The van der Waals surface area contributed by atoms with Gasteiger partial charge in [0.25, 0.3) is 0 Å². The van der Waals surface area contributed by atoms with Crippen LogP contribution in [0.4, 0.5) is 0 Å². The first-order chi connectivity index (χ1) is 8.48. The summed E-state index contributed by atoms with van der Waals surface area (Å²) in [6.45, 7) is 7.71. The van der Waals surface area contributed by atoms with Crippen molar-refractivity contribution >= 4 is 11.6 Å². The second kappa shape index (κ2) is 5.19. The molecule has 0 bridgehead atoms. The maximum absolute atomic E-state index is 6.32. The molecule has 4 nitrogen and oxygen atoms in total. The molecular formula is C13H22ClN3O. The highest BCUT2D eigenvalue weighted by molar-refractivity contribution is 6.31. The fourth-order valence-corrected chi connectivity index (χ4v) is 2.79. The van der Waals surface area contributed by atoms with Crippen LogP contribution in [0.3, 0.4) is 0 Å². The lowest BCUT2D eigenvalue weighted by atomic mass is 9.90. The van der Waals surface area contributed by atoms with Crippen molar-refractivity contribution in [1.82, 2.24) is 9.78 Å². The van der Waals surface area contributed by atoms with Gasteiger partial charge in [0.2, 0.25) is 0 Å². The number of nitrogens with zero attached hydrogens (tertiary/aromatic N) is 2. The standard InChI is InChI=1S/C13H22ClN3O/c1-4-17-10(12(14)9(2)16-17)8-11(15)13(3)6-5-7-18-13/h11H,4-8,15H2,1-3H3. The summed E-state index contributed by atoms with van der Waals surface area (Å²) < 4.78 is 7.74. The van der Waals surface area contributed by atoms with Gasteiger partial charge in [0.05, 0.1) is 22.0 Å². The van der Waals surface area contributed by atoms with Crippen LogP contribution in [0.15, 0.2) is 0 Å². The Hall–Kier alpha value is -0.580. The van der Waals surface area contributed by atoms with Crippen LogP contribution in [0, 0.1) is 6.92 Å². The van der Waals surface area contributed by atoms with Gasteiger partial charge >= 0.3 is 0 Å². The molecule has 2 atom stereocenters. The second-order valence-corrected chi connectivity index (χ2v) is 5.62. The van der Waals surface area contributed by atoms with E-state index in [-0.39, 0.29) is 11.6 Å². The molecule has 1 aliphatic heterocycles. The Kier molecular flexibility index (Phi) is 3.99. The van der Waals surface area contributed by atoms with E-state index < -0.39 is 0 Å². The highest BCUT2D eigenvalue weighted by Gasteiger charge is 2.37. The zero-order valence-electron chi connectivity index (χ0n) is 11.4. The van der Waals surface area contributed by atoms with Gasteiger partial charge in [0.1, 0.15) is 0 Å². The Labute approximate surface area is 113 Å². The van der Waals surface area contributed by atoms with Gasteiger partial charge in [0.15, 0.2) is 0 Å². The molecule has 2 rings (SSSR count). The van der Waals surface area contributed by atoms with Crippen molar-refractivity contribution in [3.63, 3.8) is 0 Å². The maximum Gasteiger partial charge on any atom is 0.0847 e. The average Bonchev–Trinajstić information content (AvgIpc) is 2.89. The van der Waals surface area contributed by atoms with Crippen molar-refractivity contribution in [2.45, 2.75) is 58.2 Å². The van der Waals surface area contributed by atoms with Gasteiger partial charge in [-0.1, -0.05) is 11.6 Å². The SMILES string of the molecule is CCn1nc(C)c(Cl)c1CC(N)C1(C)CCCO1. The molecular weight excluding hydrogens is 250 g/mol. The van der Waals surface area contributed by atoms with E-state index in [9.17, 15) is 0 Å². The summed E-state index contributed by atoms with van der Waals surface area (Å²) in [5.41, 5.74) is 8.00. The minimum absolute atomic E-state index is 0.0427. The fourth-order valence-electron chi connectivity index (χ4n) is 2.58. The third kappa shape index (κ3) is 2.42. The maximum atomic E-state index is 6.32. The quantitative estimate of drug-likeness (QED) is 0.914. The number of hydrogen-bond acceptors (Lipinski definition) is 3. The van der Waals surface area contributed by atoms with Gasteiger partial charge in [-0.25, -0.2) is 0 Å². The van der Waals surface area contributed by atoms with E-state index in [1.165, 1.54) is 0 Å². The minimum atomic E-state index is -0.222. The molecule has 5 heteroatoms. The molecule has 1 aliphatic rings. The molecule has 2 heterocycles. The predicted octanol–water partition coefficient (Wildman–Crippen LogP) is 2.30. The van der Waals surface area contributed by atoms with E-state index >= 15 is 0 Å².